The normalized spacial score (nSPS) is 9.95. The molecule has 0 unspecified atom stereocenters. The molecule has 98 valence electrons. The zero-order valence-corrected chi connectivity index (χ0v) is 11.1. The Kier molecular flexibility index (Phi) is 3.71. The Morgan fingerprint density at radius 3 is 3.05 bits per heavy atom. The van der Waals surface area contributed by atoms with Gasteiger partial charge in [0.05, 0.1) is 11.9 Å². The SMILES string of the molecule is C=CN(N=C)c1nc(C(=O)Nc2cnn(C)c2)cs1. The second-order valence-corrected chi connectivity index (χ2v) is 4.38. The van der Waals surface area contributed by atoms with Crippen LogP contribution >= 0.6 is 11.3 Å². The minimum absolute atomic E-state index is 0.302. The largest absolute Gasteiger partial charge is 0.318 e. The second-order valence-electron chi connectivity index (χ2n) is 3.54. The third-order valence-corrected chi connectivity index (χ3v) is 3.04. The van der Waals surface area contributed by atoms with Crippen molar-refractivity contribution in [2.24, 2.45) is 12.1 Å². The summed E-state index contributed by atoms with van der Waals surface area (Å²) >= 11 is 1.28. The molecular weight excluding hydrogens is 264 g/mol. The Hall–Kier alpha value is -2.48. The number of amides is 1. The van der Waals surface area contributed by atoms with Gasteiger partial charge in [-0.3, -0.25) is 9.48 Å². The standard InChI is InChI=1S/C11H12N6OS/c1-4-17(12-2)11-15-9(7-19-11)10(18)14-8-5-13-16(3)6-8/h4-7H,1-2H2,3H3,(H,14,18). The van der Waals surface area contributed by atoms with Gasteiger partial charge < -0.3 is 5.32 Å². The maximum Gasteiger partial charge on any atom is 0.275 e. The summed E-state index contributed by atoms with van der Waals surface area (Å²) < 4.78 is 1.60. The van der Waals surface area contributed by atoms with Crippen molar-refractivity contribution in [3.8, 4) is 0 Å². The molecule has 8 heteroatoms. The van der Waals surface area contributed by atoms with Gasteiger partial charge >= 0.3 is 0 Å². The summed E-state index contributed by atoms with van der Waals surface area (Å²) in [5, 5.41) is 13.9. The van der Waals surface area contributed by atoms with Gasteiger partial charge in [-0.1, -0.05) is 6.58 Å². The first-order valence-electron chi connectivity index (χ1n) is 5.28. The zero-order chi connectivity index (χ0) is 13.8. The lowest BCUT2D eigenvalue weighted by Crippen LogP contribution is -2.12. The van der Waals surface area contributed by atoms with E-state index in [2.05, 4.69) is 33.8 Å². The highest BCUT2D eigenvalue weighted by Crippen LogP contribution is 2.21. The molecule has 0 spiro atoms. The Labute approximate surface area is 113 Å². The van der Waals surface area contributed by atoms with Crippen LogP contribution in [0.4, 0.5) is 10.8 Å². The first-order valence-corrected chi connectivity index (χ1v) is 6.16. The van der Waals surface area contributed by atoms with E-state index >= 15 is 0 Å². The molecule has 7 nitrogen and oxygen atoms in total. The summed E-state index contributed by atoms with van der Waals surface area (Å²) in [5.41, 5.74) is 0.920. The number of anilines is 2. The van der Waals surface area contributed by atoms with Gasteiger partial charge in [0.25, 0.3) is 5.91 Å². The Morgan fingerprint density at radius 2 is 2.47 bits per heavy atom. The van der Waals surface area contributed by atoms with Gasteiger partial charge in [-0.05, 0) is 0 Å². The lowest BCUT2D eigenvalue weighted by molar-refractivity contribution is 0.102. The third kappa shape index (κ3) is 2.86. The molecule has 0 atom stereocenters. The number of hydrogen-bond donors (Lipinski definition) is 1. The van der Waals surface area contributed by atoms with Crippen molar-refractivity contribution in [1.82, 2.24) is 14.8 Å². The first-order chi connectivity index (χ1) is 9.13. The number of aromatic nitrogens is 3. The molecule has 0 aliphatic heterocycles. The minimum Gasteiger partial charge on any atom is -0.318 e. The summed E-state index contributed by atoms with van der Waals surface area (Å²) in [6.45, 7) is 6.97. The highest BCUT2D eigenvalue weighted by molar-refractivity contribution is 7.14. The van der Waals surface area contributed by atoms with Gasteiger partial charge in [0.1, 0.15) is 5.69 Å². The molecule has 2 aromatic heterocycles. The fourth-order valence-electron chi connectivity index (χ4n) is 1.35. The monoisotopic (exact) mass is 276 g/mol. The van der Waals surface area contributed by atoms with Crippen LogP contribution in [-0.2, 0) is 7.05 Å². The predicted octanol–water partition coefficient (Wildman–Crippen LogP) is 1.69. The molecule has 0 saturated heterocycles. The van der Waals surface area contributed by atoms with Crippen LogP contribution in [0.1, 0.15) is 10.5 Å². The van der Waals surface area contributed by atoms with Crippen molar-refractivity contribution in [1.29, 1.82) is 0 Å². The Bertz CT molecular complexity index is 608. The van der Waals surface area contributed by atoms with E-state index in [-0.39, 0.29) is 5.91 Å². The zero-order valence-electron chi connectivity index (χ0n) is 10.3. The van der Waals surface area contributed by atoms with Crippen LogP contribution < -0.4 is 10.3 Å². The third-order valence-electron chi connectivity index (χ3n) is 2.21. The van der Waals surface area contributed by atoms with E-state index in [1.54, 1.807) is 29.5 Å². The van der Waals surface area contributed by atoms with E-state index < -0.39 is 0 Å². The molecule has 1 N–H and O–H groups in total. The van der Waals surface area contributed by atoms with Gasteiger partial charge in [0.2, 0.25) is 5.13 Å². The Balaban J connectivity index is 2.11. The number of carbonyl (C=O) groups excluding carboxylic acids is 1. The smallest absolute Gasteiger partial charge is 0.275 e. The number of nitrogens with one attached hydrogen (secondary N) is 1. The van der Waals surface area contributed by atoms with Gasteiger partial charge in [0.15, 0.2) is 0 Å². The van der Waals surface area contributed by atoms with Crippen LogP contribution in [-0.4, -0.2) is 27.4 Å². The van der Waals surface area contributed by atoms with Crippen LogP contribution in [0.5, 0.6) is 0 Å². The van der Waals surface area contributed by atoms with Gasteiger partial charge in [-0.15, -0.1) is 11.3 Å². The molecular formula is C11H12N6OS. The highest BCUT2D eigenvalue weighted by Gasteiger charge is 2.13. The van der Waals surface area contributed by atoms with E-state index in [1.165, 1.54) is 22.5 Å². The minimum atomic E-state index is -0.302. The highest BCUT2D eigenvalue weighted by atomic mass is 32.1. The molecule has 0 bridgehead atoms. The maximum absolute atomic E-state index is 11.9. The van der Waals surface area contributed by atoms with Gasteiger partial charge in [-0.2, -0.15) is 10.2 Å². The van der Waals surface area contributed by atoms with Gasteiger partial charge in [0, 0.05) is 31.5 Å². The number of carbonyl (C=O) groups is 1. The van der Waals surface area contributed by atoms with Crippen LogP contribution in [0.2, 0.25) is 0 Å². The molecule has 1 amide bonds. The average Bonchev–Trinajstić information content (AvgIpc) is 3.01. The molecule has 0 radical (unpaired) electrons. The van der Waals surface area contributed by atoms with Crippen molar-refractivity contribution in [3.05, 3.63) is 36.2 Å². The van der Waals surface area contributed by atoms with E-state index in [1.807, 2.05) is 0 Å². The molecule has 0 aromatic carbocycles. The Morgan fingerprint density at radius 1 is 1.68 bits per heavy atom. The van der Waals surface area contributed by atoms with Crippen LogP contribution in [0, 0.1) is 0 Å². The molecule has 2 rings (SSSR count). The van der Waals surface area contributed by atoms with Crippen molar-refractivity contribution >= 4 is 34.8 Å². The molecule has 0 fully saturated rings. The quantitative estimate of drug-likeness (QED) is 0.666. The number of rotatable bonds is 5. The lowest BCUT2D eigenvalue weighted by atomic mass is 10.4. The van der Waals surface area contributed by atoms with Gasteiger partial charge in [-0.25, -0.2) is 9.99 Å². The average molecular weight is 276 g/mol. The second kappa shape index (κ2) is 5.44. The van der Waals surface area contributed by atoms with Crippen molar-refractivity contribution in [2.45, 2.75) is 0 Å². The van der Waals surface area contributed by atoms with E-state index in [0.29, 0.717) is 16.5 Å². The summed E-state index contributed by atoms with van der Waals surface area (Å²) in [4.78, 5) is 16.1. The summed E-state index contributed by atoms with van der Waals surface area (Å²) in [5.74, 6) is -0.302. The number of hydrazone groups is 1. The summed E-state index contributed by atoms with van der Waals surface area (Å²) in [7, 11) is 1.77. The van der Waals surface area contributed by atoms with E-state index in [9.17, 15) is 4.79 Å². The fraction of sp³-hybridized carbons (Fsp3) is 0.0909. The van der Waals surface area contributed by atoms with Crippen LogP contribution in [0.25, 0.3) is 0 Å². The number of hydrogen-bond acceptors (Lipinski definition) is 6. The number of nitrogens with zero attached hydrogens (tertiary/aromatic N) is 5. The van der Waals surface area contributed by atoms with E-state index in [0.717, 1.165) is 0 Å². The predicted molar refractivity (Wildman–Crippen MR) is 75.5 cm³/mol. The molecule has 2 aromatic rings. The molecule has 0 aliphatic carbocycles. The molecule has 0 aliphatic rings. The molecule has 19 heavy (non-hydrogen) atoms. The molecule has 2 heterocycles. The van der Waals surface area contributed by atoms with Crippen LogP contribution in [0.15, 0.2) is 35.7 Å². The van der Waals surface area contributed by atoms with E-state index in [4.69, 9.17) is 0 Å². The molecule has 0 saturated carbocycles. The van der Waals surface area contributed by atoms with Crippen molar-refractivity contribution in [3.63, 3.8) is 0 Å². The number of thiazole rings is 1. The van der Waals surface area contributed by atoms with Crippen molar-refractivity contribution < 1.29 is 4.79 Å². The maximum atomic E-state index is 11.9. The fourth-order valence-corrected chi connectivity index (χ4v) is 2.12. The lowest BCUT2D eigenvalue weighted by Gasteiger charge is -2.06. The summed E-state index contributed by atoms with van der Waals surface area (Å²) in [6.07, 6.45) is 4.73. The number of aryl methyl sites for hydroxylation is 1. The summed E-state index contributed by atoms with van der Waals surface area (Å²) in [6, 6.07) is 0. The van der Waals surface area contributed by atoms with Crippen LogP contribution in [0.3, 0.4) is 0 Å². The van der Waals surface area contributed by atoms with Crippen molar-refractivity contribution in [2.75, 3.05) is 10.3 Å². The topological polar surface area (TPSA) is 75.4 Å². The first kappa shape index (κ1) is 13.0.